The van der Waals surface area contributed by atoms with Gasteiger partial charge in [0.15, 0.2) is 5.65 Å². The van der Waals surface area contributed by atoms with E-state index >= 15 is 0 Å². The summed E-state index contributed by atoms with van der Waals surface area (Å²) in [5.74, 6) is 0. The molecule has 0 aliphatic heterocycles. The molecule has 0 radical (unpaired) electrons. The van der Waals surface area contributed by atoms with Crippen LogP contribution in [0.2, 0.25) is 0 Å². The molecule has 3 heteroatoms. The highest BCUT2D eigenvalue weighted by Crippen LogP contribution is 2.41. The summed E-state index contributed by atoms with van der Waals surface area (Å²) in [7, 11) is 0. The van der Waals surface area contributed by atoms with Gasteiger partial charge in [-0.15, -0.1) is 0 Å². The van der Waals surface area contributed by atoms with Crippen LogP contribution in [0.1, 0.15) is 11.1 Å². The second-order valence-electron chi connectivity index (χ2n) is 11.1. The summed E-state index contributed by atoms with van der Waals surface area (Å²) in [6.07, 6.45) is 1.81. The Labute approximate surface area is 250 Å². The third kappa shape index (κ3) is 4.29. The largest absolute Gasteiger partial charge is 0.456 e. The van der Waals surface area contributed by atoms with Gasteiger partial charge < -0.3 is 4.42 Å². The molecule has 0 amide bonds. The fraction of sp³-hybridized carbons (Fsp3) is 0.0500. The van der Waals surface area contributed by atoms with Crippen molar-refractivity contribution in [1.82, 2.24) is 9.97 Å². The summed E-state index contributed by atoms with van der Waals surface area (Å²) in [6.45, 7) is 4.36. The Morgan fingerprint density at radius 1 is 0.488 bits per heavy atom. The number of pyridine rings is 2. The van der Waals surface area contributed by atoms with Crippen molar-refractivity contribution in [3.63, 3.8) is 0 Å². The molecule has 3 nitrogen and oxygen atoms in total. The molecular weight excluding hydrogens is 524 g/mol. The number of nitrogens with zero attached hydrogens (tertiary/aromatic N) is 2. The molecule has 0 aliphatic rings. The second-order valence-corrected chi connectivity index (χ2v) is 11.1. The third-order valence-electron chi connectivity index (χ3n) is 8.45. The van der Waals surface area contributed by atoms with Crippen LogP contribution in [0.25, 0.3) is 77.6 Å². The molecule has 0 fully saturated rings. The number of hydrogen-bond acceptors (Lipinski definition) is 3. The molecule has 3 aromatic heterocycles. The Morgan fingerprint density at radius 3 is 2.14 bits per heavy atom. The number of furan rings is 1. The van der Waals surface area contributed by atoms with E-state index in [-0.39, 0.29) is 0 Å². The van der Waals surface area contributed by atoms with Crippen LogP contribution in [0.4, 0.5) is 0 Å². The van der Waals surface area contributed by atoms with Crippen molar-refractivity contribution in [2.24, 2.45) is 0 Å². The van der Waals surface area contributed by atoms with Gasteiger partial charge in [-0.05, 0) is 101 Å². The molecule has 0 N–H and O–H groups in total. The Bertz CT molecular complexity index is 2310. The van der Waals surface area contributed by atoms with E-state index in [4.69, 9.17) is 9.40 Å². The number of fused-ring (bicyclic) bond motifs is 4. The van der Waals surface area contributed by atoms with E-state index in [1.54, 1.807) is 6.20 Å². The van der Waals surface area contributed by atoms with Crippen molar-refractivity contribution in [3.05, 3.63) is 145 Å². The van der Waals surface area contributed by atoms with Crippen LogP contribution < -0.4 is 0 Å². The van der Waals surface area contributed by atoms with Crippen molar-refractivity contribution in [3.8, 4) is 44.6 Å². The lowest BCUT2D eigenvalue weighted by Gasteiger charge is -2.12. The van der Waals surface area contributed by atoms with Gasteiger partial charge in [0.1, 0.15) is 11.2 Å². The molecule has 0 atom stereocenters. The van der Waals surface area contributed by atoms with Crippen molar-refractivity contribution >= 4 is 33.0 Å². The van der Waals surface area contributed by atoms with Crippen LogP contribution in [0.3, 0.4) is 0 Å². The minimum Gasteiger partial charge on any atom is -0.456 e. The van der Waals surface area contributed by atoms with Gasteiger partial charge in [-0.3, -0.25) is 0 Å². The lowest BCUT2D eigenvalue weighted by molar-refractivity contribution is 0.669. The molecule has 0 saturated heterocycles. The van der Waals surface area contributed by atoms with E-state index in [1.807, 2.05) is 24.3 Å². The standard InChI is InChI=1S/C40H28N2O/c1-25-10-6-7-13-30(25)33-22-28(18-17-26(33)2)29-19-20-37-35(23-29)39-31(14-8-16-38(39)43-37)34-24-36(27-11-4-3-5-12-27)42-40-32(34)15-9-21-41-40/h3-24H,1-2H3. The van der Waals surface area contributed by atoms with Crippen LogP contribution in [-0.2, 0) is 0 Å². The van der Waals surface area contributed by atoms with Crippen LogP contribution >= 0.6 is 0 Å². The number of aryl methyl sites for hydroxylation is 2. The minimum absolute atomic E-state index is 0.729. The monoisotopic (exact) mass is 552 g/mol. The molecule has 0 saturated carbocycles. The van der Waals surface area contributed by atoms with E-state index in [2.05, 4.69) is 122 Å². The Balaban J connectivity index is 1.35. The molecule has 8 rings (SSSR count). The maximum absolute atomic E-state index is 6.43. The number of benzene rings is 5. The van der Waals surface area contributed by atoms with Crippen LogP contribution in [-0.4, -0.2) is 9.97 Å². The van der Waals surface area contributed by atoms with Crippen molar-refractivity contribution in [2.45, 2.75) is 13.8 Å². The maximum atomic E-state index is 6.43. The lowest BCUT2D eigenvalue weighted by Crippen LogP contribution is -1.92. The fourth-order valence-electron chi connectivity index (χ4n) is 6.23. The van der Waals surface area contributed by atoms with Crippen LogP contribution in [0.15, 0.2) is 138 Å². The Morgan fingerprint density at radius 2 is 1.26 bits per heavy atom. The summed E-state index contributed by atoms with van der Waals surface area (Å²) >= 11 is 0. The van der Waals surface area contributed by atoms with Crippen molar-refractivity contribution in [2.75, 3.05) is 0 Å². The number of rotatable bonds is 4. The maximum Gasteiger partial charge on any atom is 0.160 e. The molecular formula is C40H28N2O. The van der Waals surface area contributed by atoms with Gasteiger partial charge in [0.25, 0.3) is 0 Å². The SMILES string of the molecule is Cc1ccccc1-c1cc(-c2ccc3oc4cccc(-c5cc(-c6ccccc6)nc6ncccc56)c4c3c2)ccc1C. The zero-order valence-corrected chi connectivity index (χ0v) is 24.0. The first-order valence-electron chi connectivity index (χ1n) is 14.6. The normalized spacial score (nSPS) is 11.5. The van der Waals surface area contributed by atoms with E-state index in [9.17, 15) is 0 Å². The topological polar surface area (TPSA) is 38.9 Å². The van der Waals surface area contributed by atoms with Crippen molar-refractivity contribution < 1.29 is 4.42 Å². The zero-order valence-electron chi connectivity index (χ0n) is 24.0. The molecule has 0 spiro atoms. The summed E-state index contributed by atoms with van der Waals surface area (Å²) in [5, 5.41) is 3.21. The Hall–Kier alpha value is -5.54. The van der Waals surface area contributed by atoms with Gasteiger partial charge >= 0.3 is 0 Å². The lowest BCUT2D eigenvalue weighted by atomic mass is 9.92. The summed E-state index contributed by atoms with van der Waals surface area (Å²) in [4.78, 5) is 9.58. The van der Waals surface area contributed by atoms with Crippen molar-refractivity contribution in [1.29, 1.82) is 0 Å². The number of hydrogen-bond donors (Lipinski definition) is 0. The first kappa shape index (κ1) is 25.2. The Kier molecular flexibility index (Phi) is 5.90. The van der Waals surface area contributed by atoms with Gasteiger partial charge in [0.2, 0.25) is 0 Å². The van der Waals surface area contributed by atoms with E-state index in [1.165, 1.54) is 27.8 Å². The molecule has 0 aliphatic carbocycles. The summed E-state index contributed by atoms with van der Waals surface area (Å²) in [6, 6.07) is 44.8. The molecule has 43 heavy (non-hydrogen) atoms. The summed E-state index contributed by atoms with van der Waals surface area (Å²) < 4.78 is 6.43. The quantitative estimate of drug-likeness (QED) is 0.218. The van der Waals surface area contributed by atoms with E-state index in [0.29, 0.717) is 0 Å². The van der Waals surface area contributed by atoms with Gasteiger partial charge in [-0.25, -0.2) is 9.97 Å². The highest BCUT2D eigenvalue weighted by molar-refractivity contribution is 6.15. The predicted octanol–water partition coefficient (Wildman–Crippen LogP) is 10.8. The minimum atomic E-state index is 0.729. The highest BCUT2D eigenvalue weighted by atomic mass is 16.3. The van der Waals surface area contributed by atoms with Gasteiger partial charge in [0.05, 0.1) is 5.69 Å². The molecule has 5 aromatic carbocycles. The molecule has 3 heterocycles. The molecule has 0 unspecified atom stereocenters. The second kappa shape index (κ2) is 10.1. The first-order chi connectivity index (χ1) is 21.1. The third-order valence-corrected chi connectivity index (χ3v) is 8.45. The number of aromatic nitrogens is 2. The average molecular weight is 553 g/mol. The smallest absolute Gasteiger partial charge is 0.160 e. The predicted molar refractivity (Wildman–Crippen MR) is 178 cm³/mol. The van der Waals surface area contributed by atoms with Gasteiger partial charge in [0, 0.05) is 27.9 Å². The van der Waals surface area contributed by atoms with E-state index < -0.39 is 0 Å². The molecule has 0 bridgehead atoms. The van der Waals surface area contributed by atoms with Gasteiger partial charge in [-0.2, -0.15) is 0 Å². The molecule has 8 aromatic rings. The zero-order chi connectivity index (χ0) is 28.9. The summed E-state index contributed by atoms with van der Waals surface area (Å²) in [5.41, 5.74) is 14.0. The molecule has 204 valence electrons. The van der Waals surface area contributed by atoms with Crippen LogP contribution in [0, 0.1) is 13.8 Å². The highest BCUT2D eigenvalue weighted by Gasteiger charge is 2.17. The van der Waals surface area contributed by atoms with Crippen LogP contribution in [0.5, 0.6) is 0 Å². The van der Waals surface area contributed by atoms with Gasteiger partial charge in [-0.1, -0.05) is 84.9 Å². The fourth-order valence-corrected chi connectivity index (χ4v) is 6.23. The average Bonchev–Trinajstić information content (AvgIpc) is 3.43. The van der Waals surface area contributed by atoms with E-state index in [0.717, 1.165) is 60.9 Å². The first-order valence-corrected chi connectivity index (χ1v) is 14.6.